The summed E-state index contributed by atoms with van der Waals surface area (Å²) in [4.78, 5) is 29.0. The van der Waals surface area contributed by atoms with Gasteiger partial charge in [-0.05, 0) is 42.0 Å². The first kappa shape index (κ1) is 24.1. The highest BCUT2D eigenvalue weighted by Crippen LogP contribution is 2.33. The fourth-order valence-corrected chi connectivity index (χ4v) is 5.45. The maximum Gasteiger partial charge on any atom is 0.417 e. The number of hydrogen-bond acceptors (Lipinski definition) is 4. The third-order valence-corrected chi connectivity index (χ3v) is 7.30. The maximum atomic E-state index is 13.7. The van der Waals surface area contributed by atoms with Crippen molar-refractivity contribution in [2.75, 3.05) is 31.1 Å². The smallest absolute Gasteiger partial charge is 0.368 e. The number of fused-ring (bicyclic) bond motifs is 1. The van der Waals surface area contributed by atoms with Gasteiger partial charge in [0.15, 0.2) is 0 Å². The van der Waals surface area contributed by atoms with Crippen molar-refractivity contribution < 1.29 is 22.4 Å². The van der Waals surface area contributed by atoms with Crippen LogP contribution < -0.4 is 10.5 Å². The van der Waals surface area contributed by atoms with Gasteiger partial charge in [-0.15, -0.1) is 0 Å². The van der Waals surface area contributed by atoms with Gasteiger partial charge in [-0.25, -0.2) is 4.39 Å². The average molecular weight is 516 g/mol. The number of halogens is 4. The molecular formula is C26H21F4N3O2S. The number of piperazine rings is 1. The normalized spacial score (nSPS) is 14.4. The maximum absolute atomic E-state index is 13.7. The number of nitrogens with zero attached hydrogens (tertiary/aromatic N) is 3. The largest absolute Gasteiger partial charge is 0.417 e. The first-order valence-electron chi connectivity index (χ1n) is 11.3. The number of amides is 1. The molecule has 186 valence electrons. The molecule has 0 unspecified atom stereocenters. The van der Waals surface area contributed by atoms with Crippen LogP contribution in [0.4, 0.5) is 23.2 Å². The molecule has 36 heavy (non-hydrogen) atoms. The molecule has 0 saturated carbocycles. The van der Waals surface area contributed by atoms with Crippen LogP contribution in [0.2, 0.25) is 0 Å². The predicted octanol–water partition coefficient (Wildman–Crippen LogP) is 5.23. The molecule has 1 fully saturated rings. The minimum atomic E-state index is -4.76. The molecule has 1 saturated heterocycles. The number of hydrogen-bond donors (Lipinski definition) is 0. The van der Waals surface area contributed by atoms with Crippen LogP contribution in [-0.4, -0.2) is 40.9 Å². The van der Waals surface area contributed by atoms with Gasteiger partial charge >= 0.3 is 6.18 Å². The lowest BCUT2D eigenvalue weighted by molar-refractivity contribution is -0.138. The van der Waals surface area contributed by atoms with E-state index in [2.05, 4.69) is 0 Å². The predicted molar refractivity (Wildman–Crippen MR) is 131 cm³/mol. The van der Waals surface area contributed by atoms with E-state index >= 15 is 0 Å². The first-order chi connectivity index (χ1) is 17.2. The van der Waals surface area contributed by atoms with Crippen LogP contribution in [0.1, 0.15) is 21.5 Å². The number of carbonyl (C=O) groups excluding carboxylic acids is 1. The molecule has 10 heteroatoms. The Labute approximate surface area is 207 Å². The second-order valence-electron chi connectivity index (χ2n) is 8.57. The van der Waals surface area contributed by atoms with E-state index in [1.165, 1.54) is 16.4 Å². The molecule has 0 atom stereocenters. The van der Waals surface area contributed by atoms with Crippen molar-refractivity contribution >= 4 is 33.2 Å². The Bertz CT molecular complexity index is 1470. The lowest BCUT2D eigenvalue weighted by Gasteiger charge is -2.36. The Morgan fingerprint density at radius 2 is 1.64 bits per heavy atom. The molecule has 1 aliphatic heterocycles. The van der Waals surface area contributed by atoms with Gasteiger partial charge in [0.2, 0.25) is 0 Å². The van der Waals surface area contributed by atoms with E-state index in [9.17, 15) is 27.2 Å². The molecule has 0 spiro atoms. The fourth-order valence-electron chi connectivity index (χ4n) is 4.39. The number of carbonyl (C=O) groups is 1. The zero-order valence-corrected chi connectivity index (χ0v) is 19.8. The molecule has 0 N–H and O–H groups in total. The highest BCUT2D eigenvalue weighted by molar-refractivity contribution is 7.13. The summed E-state index contributed by atoms with van der Waals surface area (Å²) < 4.78 is 56.2. The topological polar surface area (TPSA) is 45.6 Å². The van der Waals surface area contributed by atoms with E-state index in [0.717, 1.165) is 16.0 Å². The van der Waals surface area contributed by atoms with Gasteiger partial charge < -0.3 is 9.80 Å². The average Bonchev–Trinajstić information content (AvgIpc) is 3.17. The minimum Gasteiger partial charge on any atom is -0.368 e. The van der Waals surface area contributed by atoms with Crippen LogP contribution in [0.25, 0.3) is 10.1 Å². The van der Waals surface area contributed by atoms with E-state index < -0.39 is 29.0 Å². The summed E-state index contributed by atoms with van der Waals surface area (Å²) in [5.41, 5.74) is 0.0126. The summed E-state index contributed by atoms with van der Waals surface area (Å²) in [5.74, 6) is -1.73. The molecule has 2 heterocycles. The van der Waals surface area contributed by atoms with Crippen molar-refractivity contribution in [1.29, 1.82) is 0 Å². The Hall–Kier alpha value is -3.66. The van der Waals surface area contributed by atoms with E-state index in [1.54, 1.807) is 10.0 Å². The zero-order chi connectivity index (χ0) is 25.4. The molecule has 1 amide bonds. The van der Waals surface area contributed by atoms with Crippen LogP contribution in [0.5, 0.6) is 0 Å². The van der Waals surface area contributed by atoms with Crippen LogP contribution in [0.3, 0.4) is 0 Å². The summed E-state index contributed by atoms with van der Waals surface area (Å²) in [6.45, 7) is 1.65. The van der Waals surface area contributed by atoms with Crippen molar-refractivity contribution in [2.45, 2.75) is 12.7 Å². The summed E-state index contributed by atoms with van der Waals surface area (Å²) in [6.07, 6.45) is -4.76. The summed E-state index contributed by atoms with van der Waals surface area (Å²) in [5, 5.41) is 0.624. The SMILES string of the molecule is O=C(c1cc(F)ccc1C(F)(F)F)N1CCN(c2ccc3c(=O)n(Cc4ccccc4)sc3c2)CC1. The van der Waals surface area contributed by atoms with Crippen LogP contribution in [0.15, 0.2) is 71.5 Å². The number of anilines is 1. The molecule has 5 nitrogen and oxygen atoms in total. The molecule has 0 bridgehead atoms. The summed E-state index contributed by atoms with van der Waals surface area (Å²) in [6, 6.07) is 17.2. The van der Waals surface area contributed by atoms with Crippen LogP contribution in [0, 0.1) is 5.82 Å². The number of benzene rings is 3. The molecule has 1 aliphatic rings. The quantitative estimate of drug-likeness (QED) is 0.350. The second-order valence-corrected chi connectivity index (χ2v) is 9.63. The molecule has 0 radical (unpaired) electrons. The van der Waals surface area contributed by atoms with Crippen molar-refractivity contribution in [2.24, 2.45) is 0 Å². The molecule has 0 aliphatic carbocycles. The molecule has 3 aromatic carbocycles. The highest BCUT2D eigenvalue weighted by Gasteiger charge is 2.37. The lowest BCUT2D eigenvalue weighted by atomic mass is 10.0. The second kappa shape index (κ2) is 9.42. The molecule has 1 aromatic heterocycles. The van der Waals surface area contributed by atoms with Gasteiger partial charge in [-0.3, -0.25) is 13.5 Å². The Kier molecular flexibility index (Phi) is 6.29. The lowest BCUT2D eigenvalue weighted by Crippen LogP contribution is -2.49. The van der Waals surface area contributed by atoms with Gasteiger partial charge in [-0.1, -0.05) is 41.9 Å². The number of alkyl halides is 3. The fraction of sp³-hybridized carbons (Fsp3) is 0.231. The standard InChI is InChI=1S/C26H21F4N3O2S/c27-18-6-9-22(26(28,29)30)21(14-18)24(34)32-12-10-31(11-13-32)19-7-8-20-23(15-19)36-33(25(20)35)16-17-4-2-1-3-5-17/h1-9,14-15H,10-13,16H2. The van der Waals surface area contributed by atoms with E-state index in [0.29, 0.717) is 43.2 Å². The zero-order valence-electron chi connectivity index (χ0n) is 19.0. The Morgan fingerprint density at radius 1 is 0.917 bits per heavy atom. The number of aromatic nitrogens is 1. The van der Waals surface area contributed by atoms with Gasteiger partial charge in [0.25, 0.3) is 11.5 Å². The van der Waals surface area contributed by atoms with Crippen molar-refractivity contribution in [1.82, 2.24) is 8.86 Å². The highest BCUT2D eigenvalue weighted by atomic mass is 32.1. The van der Waals surface area contributed by atoms with Gasteiger partial charge in [-0.2, -0.15) is 13.2 Å². The van der Waals surface area contributed by atoms with E-state index in [1.807, 2.05) is 47.4 Å². The minimum absolute atomic E-state index is 0.0589. The third kappa shape index (κ3) is 4.73. The Balaban J connectivity index is 1.31. The van der Waals surface area contributed by atoms with Crippen molar-refractivity contribution in [3.05, 3.63) is 99.6 Å². The first-order valence-corrected chi connectivity index (χ1v) is 12.1. The molecule has 5 rings (SSSR count). The third-order valence-electron chi connectivity index (χ3n) is 6.25. The van der Waals surface area contributed by atoms with Gasteiger partial charge in [0.1, 0.15) is 5.82 Å². The molecular weight excluding hydrogens is 494 g/mol. The van der Waals surface area contributed by atoms with E-state index in [4.69, 9.17) is 0 Å². The Morgan fingerprint density at radius 3 is 2.33 bits per heavy atom. The number of rotatable bonds is 4. The van der Waals surface area contributed by atoms with Crippen LogP contribution >= 0.6 is 11.5 Å². The van der Waals surface area contributed by atoms with Crippen molar-refractivity contribution in [3.8, 4) is 0 Å². The molecule has 4 aromatic rings. The van der Waals surface area contributed by atoms with Crippen LogP contribution in [-0.2, 0) is 12.7 Å². The van der Waals surface area contributed by atoms with E-state index in [-0.39, 0.29) is 18.6 Å². The van der Waals surface area contributed by atoms with Crippen molar-refractivity contribution in [3.63, 3.8) is 0 Å². The van der Waals surface area contributed by atoms with Gasteiger partial charge in [0, 0.05) is 31.9 Å². The summed E-state index contributed by atoms with van der Waals surface area (Å²) in [7, 11) is 0. The van der Waals surface area contributed by atoms with Gasteiger partial charge in [0.05, 0.1) is 27.8 Å². The monoisotopic (exact) mass is 515 g/mol. The summed E-state index contributed by atoms with van der Waals surface area (Å²) >= 11 is 1.38.